The van der Waals surface area contributed by atoms with Crippen molar-refractivity contribution in [2.75, 3.05) is 4.90 Å². The van der Waals surface area contributed by atoms with Gasteiger partial charge in [0.1, 0.15) is 5.66 Å². The molecule has 2 heterocycles. The summed E-state index contributed by atoms with van der Waals surface area (Å²) in [4.78, 5) is 2.47. The van der Waals surface area contributed by atoms with Crippen molar-refractivity contribution in [1.82, 2.24) is 4.57 Å². The Morgan fingerprint density at radius 1 is 0.923 bits per heavy atom. The van der Waals surface area contributed by atoms with E-state index < -0.39 is 5.66 Å². The van der Waals surface area contributed by atoms with Crippen molar-refractivity contribution in [1.29, 1.82) is 0 Å². The Hall–Kier alpha value is -4.08. The molecule has 1 fully saturated rings. The molecule has 39 heavy (non-hydrogen) atoms. The van der Waals surface area contributed by atoms with E-state index >= 15 is 0 Å². The quantitative estimate of drug-likeness (QED) is 0.363. The van der Waals surface area contributed by atoms with E-state index in [1.807, 2.05) is 0 Å². The summed E-state index contributed by atoms with van der Waals surface area (Å²) >= 11 is 0. The lowest BCUT2D eigenvalue weighted by Gasteiger charge is -2.41. The summed E-state index contributed by atoms with van der Waals surface area (Å²) in [6.07, 6.45) is 29.1. The number of aryl methyl sites for hydroxylation is 1. The summed E-state index contributed by atoms with van der Waals surface area (Å²) in [5, 5.41) is 1.35. The number of aromatic nitrogens is 1. The molecule has 0 bridgehead atoms. The van der Waals surface area contributed by atoms with E-state index in [4.69, 9.17) is 5.73 Å². The first-order chi connectivity index (χ1) is 19.2. The van der Waals surface area contributed by atoms with Crippen molar-refractivity contribution in [3.63, 3.8) is 0 Å². The molecule has 3 nitrogen and oxygen atoms in total. The first-order valence-corrected chi connectivity index (χ1v) is 14.2. The van der Waals surface area contributed by atoms with E-state index in [0.717, 1.165) is 12.8 Å². The predicted octanol–water partition coefficient (Wildman–Crippen LogP) is 7.89. The van der Waals surface area contributed by atoms with E-state index in [9.17, 15) is 0 Å². The standard InChI is InChI=1S/C36H35N3/c1-3-25(31(4-2)38-32-20-9-5-16-27(32)28-17-6-10-21-33(28)38)26-15-7-11-22-34(26)39-35-23-12-8-18-29(35)30-19-13-14-24-36(30,39)37/h3-5,7-16,18-24,29-30,35H,6,17,37H2,1-2H3/b25-3-,31-4+. The zero-order valence-electron chi connectivity index (χ0n) is 22.7. The van der Waals surface area contributed by atoms with Crippen LogP contribution in [0.5, 0.6) is 0 Å². The van der Waals surface area contributed by atoms with Crippen LogP contribution in [0.2, 0.25) is 0 Å². The molecular weight excluding hydrogens is 474 g/mol. The molecule has 3 aromatic rings. The van der Waals surface area contributed by atoms with Crippen LogP contribution in [0.3, 0.4) is 0 Å². The summed E-state index contributed by atoms with van der Waals surface area (Å²) in [6.45, 7) is 4.31. The second-order valence-corrected chi connectivity index (χ2v) is 10.9. The Kier molecular flexibility index (Phi) is 5.71. The largest absolute Gasteiger partial charge is 0.342 e. The van der Waals surface area contributed by atoms with Gasteiger partial charge in [-0.2, -0.15) is 0 Å². The highest BCUT2D eigenvalue weighted by molar-refractivity contribution is 6.06. The van der Waals surface area contributed by atoms with Crippen LogP contribution < -0.4 is 10.6 Å². The summed E-state index contributed by atoms with van der Waals surface area (Å²) in [5.41, 5.74) is 15.5. The number of benzene rings is 2. The number of para-hydroxylation sites is 2. The Morgan fingerprint density at radius 3 is 2.59 bits per heavy atom. The Labute approximate surface area is 231 Å². The molecule has 2 aromatic carbocycles. The van der Waals surface area contributed by atoms with Gasteiger partial charge in [0.25, 0.3) is 0 Å². The topological polar surface area (TPSA) is 34.2 Å². The molecule has 3 heteroatoms. The van der Waals surface area contributed by atoms with Gasteiger partial charge in [-0.05, 0) is 56.5 Å². The maximum Gasteiger partial charge on any atom is 0.115 e. The van der Waals surface area contributed by atoms with Crippen molar-refractivity contribution in [3.05, 3.63) is 132 Å². The minimum atomic E-state index is -0.601. The predicted molar refractivity (Wildman–Crippen MR) is 166 cm³/mol. The molecule has 4 aliphatic rings. The third-order valence-corrected chi connectivity index (χ3v) is 8.99. The van der Waals surface area contributed by atoms with Crippen LogP contribution in [0, 0.1) is 11.8 Å². The fourth-order valence-corrected chi connectivity index (χ4v) is 7.37. The smallest absolute Gasteiger partial charge is 0.115 e. The second kappa shape index (κ2) is 9.29. The van der Waals surface area contributed by atoms with E-state index in [-0.39, 0.29) is 12.0 Å². The Bertz CT molecular complexity index is 1670. The van der Waals surface area contributed by atoms with Gasteiger partial charge in [0.15, 0.2) is 0 Å². The van der Waals surface area contributed by atoms with Crippen molar-refractivity contribution in [3.8, 4) is 0 Å². The fraction of sp³-hybridized carbons (Fsp3) is 0.222. The molecule has 1 aliphatic heterocycles. The summed E-state index contributed by atoms with van der Waals surface area (Å²) in [7, 11) is 0. The number of nitrogens with zero attached hydrogens (tertiary/aromatic N) is 2. The first kappa shape index (κ1) is 24.0. The molecule has 0 spiro atoms. The van der Waals surface area contributed by atoms with E-state index in [0.29, 0.717) is 5.92 Å². The highest BCUT2D eigenvalue weighted by Crippen LogP contribution is 2.50. The number of allylic oxidation sites excluding steroid dienone is 9. The normalized spacial score (nSPS) is 27.3. The van der Waals surface area contributed by atoms with Gasteiger partial charge in [0.05, 0.1) is 11.6 Å². The molecular formula is C36H35N3. The van der Waals surface area contributed by atoms with Gasteiger partial charge in [-0.25, -0.2) is 0 Å². The third kappa shape index (κ3) is 3.46. The number of fused-ring (bicyclic) bond motifs is 6. The third-order valence-electron chi connectivity index (χ3n) is 8.99. The van der Waals surface area contributed by atoms with Crippen LogP contribution in [0.25, 0.3) is 28.2 Å². The average Bonchev–Trinajstić information content (AvgIpc) is 3.45. The minimum absolute atomic E-state index is 0.189. The van der Waals surface area contributed by atoms with Crippen LogP contribution in [0.1, 0.15) is 37.1 Å². The molecule has 1 aromatic heterocycles. The highest BCUT2D eigenvalue weighted by atomic mass is 15.3. The van der Waals surface area contributed by atoms with Crippen LogP contribution in [0.4, 0.5) is 5.69 Å². The summed E-state index contributed by atoms with van der Waals surface area (Å²) in [5.74, 6) is 0.539. The molecule has 1 saturated heterocycles. The zero-order valence-corrected chi connectivity index (χ0v) is 22.7. The van der Waals surface area contributed by atoms with Gasteiger partial charge in [-0.1, -0.05) is 97.2 Å². The maximum absolute atomic E-state index is 7.35. The Balaban J connectivity index is 1.42. The lowest BCUT2D eigenvalue weighted by Crippen LogP contribution is -2.56. The van der Waals surface area contributed by atoms with Gasteiger partial charge < -0.3 is 15.2 Å². The number of hydrogen-bond acceptors (Lipinski definition) is 2. The molecule has 4 unspecified atom stereocenters. The maximum atomic E-state index is 7.35. The zero-order chi connectivity index (χ0) is 26.6. The van der Waals surface area contributed by atoms with Gasteiger partial charge in [0.2, 0.25) is 0 Å². The fourth-order valence-electron chi connectivity index (χ4n) is 7.37. The average molecular weight is 510 g/mol. The van der Waals surface area contributed by atoms with Gasteiger partial charge >= 0.3 is 0 Å². The Morgan fingerprint density at radius 2 is 1.72 bits per heavy atom. The molecule has 0 amide bonds. The van der Waals surface area contributed by atoms with Crippen LogP contribution in [-0.2, 0) is 6.42 Å². The lowest BCUT2D eigenvalue weighted by molar-refractivity contribution is 0.416. The molecule has 194 valence electrons. The first-order valence-electron chi connectivity index (χ1n) is 14.2. The molecule has 2 N–H and O–H groups in total. The van der Waals surface area contributed by atoms with Crippen molar-refractivity contribution < 1.29 is 0 Å². The van der Waals surface area contributed by atoms with Gasteiger partial charge in [-0.15, -0.1) is 0 Å². The highest BCUT2D eigenvalue weighted by Gasteiger charge is 2.54. The van der Waals surface area contributed by atoms with E-state index in [1.54, 1.807) is 0 Å². The SMILES string of the molecule is C/C=C(\C(=C/C)n1c2c(c3ccccc31)CCC=C2)c1ccccc1N1C2C=CC=CC2C2C=CC=CC21N. The minimum Gasteiger partial charge on any atom is -0.342 e. The summed E-state index contributed by atoms with van der Waals surface area (Å²) < 4.78 is 2.47. The van der Waals surface area contributed by atoms with Crippen LogP contribution in [-0.4, -0.2) is 16.3 Å². The van der Waals surface area contributed by atoms with E-state index in [1.165, 1.54) is 44.7 Å². The van der Waals surface area contributed by atoms with Crippen LogP contribution >= 0.6 is 0 Å². The van der Waals surface area contributed by atoms with Crippen LogP contribution in [0.15, 0.2) is 115 Å². The van der Waals surface area contributed by atoms with Crippen molar-refractivity contribution in [2.24, 2.45) is 17.6 Å². The molecule has 4 atom stereocenters. The van der Waals surface area contributed by atoms with Crippen molar-refractivity contribution >= 4 is 33.9 Å². The number of anilines is 1. The van der Waals surface area contributed by atoms with Crippen molar-refractivity contribution in [2.45, 2.75) is 38.4 Å². The summed E-state index contributed by atoms with van der Waals surface area (Å²) in [6, 6.07) is 17.8. The lowest BCUT2D eigenvalue weighted by atomic mass is 9.80. The number of hydrogen-bond donors (Lipinski definition) is 1. The molecule has 3 aliphatic carbocycles. The number of rotatable bonds is 4. The molecule has 7 rings (SSSR count). The van der Waals surface area contributed by atoms with Gasteiger partial charge in [0, 0.05) is 45.4 Å². The van der Waals surface area contributed by atoms with Gasteiger partial charge in [-0.3, -0.25) is 0 Å². The monoisotopic (exact) mass is 509 g/mol. The molecule has 0 radical (unpaired) electrons. The second-order valence-electron chi connectivity index (χ2n) is 10.9. The number of nitrogens with two attached hydrogens (primary N) is 1. The molecule has 0 saturated carbocycles. The van der Waals surface area contributed by atoms with E-state index in [2.05, 4.69) is 145 Å².